The first-order valence-electron chi connectivity index (χ1n) is 5.99. The number of nitrogens with two attached hydrogens (primary N) is 1. The van der Waals surface area contributed by atoms with Gasteiger partial charge in [-0.05, 0) is 30.7 Å². The largest absolute Gasteiger partial charge is 0.398 e. The number of hydrogen-bond acceptors (Lipinski definition) is 5. The lowest BCUT2D eigenvalue weighted by Crippen LogP contribution is -2.17. The number of aromatic nitrogens is 1. The fraction of sp³-hybridized carbons (Fsp3) is 0.286. The normalized spacial score (nSPS) is 10.2. The zero-order valence-electron chi connectivity index (χ0n) is 11.1. The Morgan fingerprint density at radius 2 is 2.21 bits per heavy atom. The van der Waals surface area contributed by atoms with Gasteiger partial charge in [0.25, 0.3) is 0 Å². The lowest BCUT2D eigenvalue weighted by Gasteiger charge is -2.19. The molecule has 5 nitrogen and oxygen atoms in total. The van der Waals surface area contributed by atoms with Gasteiger partial charge in [0, 0.05) is 24.5 Å². The Kier molecular flexibility index (Phi) is 3.71. The van der Waals surface area contributed by atoms with Crippen LogP contribution in [0.2, 0.25) is 0 Å². The van der Waals surface area contributed by atoms with E-state index >= 15 is 0 Å². The van der Waals surface area contributed by atoms with Crippen LogP contribution >= 0.6 is 0 Å². The topological polar surface area (TPSA) is 79.1 Å². The number of anilines is 2. The molecule has 0 bridgehead atoms. The van der Waals surface area contributed by atoms with Crippen molar-refractivity contribution in [2.45, 2.75) is 19.9 Å². The van der Waals surface area contributed by atoms with Gasteiger partial charge in [-0.25, -0.2) is 0 Å². The zero-order valence-corrected chi connectivity index (χ0v) is 11.1. The van der Waals surface area contributed by atoms with E-state index in [4.69, 9.17) is 15.5 Å². The van der Waals surface area contributed by atoms with Crippen molar-refractivity contribution in [3.8, 4) is 6.07 Å². The van der Waals surface area contributed by atoms with Crippen LogP contribution < -0.4 is 10.6 Å². The Hall–Kier alpha value is -2.48. The Balaban J connectivity index is 2.17. The fourth-order valence-corrected chi connectivity index (χ4v) is 1.89. The molecule has 1 aromatic carbocycles. The molecule has 0 aliphatic carbocycles. The quantitative estimate of drug-likeness (QED) is 0.849. The number of nitrogen functional groups attached to an aromatic ring is 1. The summed E-state index contributed by atoms with van der Waals surface area (Å²) >= 11 is 0. The van der Waals surface area contributed by atoms with Crippen LogP contribution in [0.3, 0.4) is 0 Å². The van der Waals surface area contributed by atoms with Gasteiger partial charge in [-0.2, -0.15) is 5.26 Å². The highest BCUT2D eigenvalue weighted by Crippen LogP contribution is 2.22. The average Bonchev–Trinajstić information content (AvgIpc) is 2.77. The number of rotatable bonds is 4. The lowest BCUT2D eigenvalue weighted by atomic mass is 10.1. The smallest absolute Gasteiger partial charge is 0.133 e. The first-order valence-corrected chi connectivity index (χ1v) is 5.99. The van der Waals surface area contributed by atoms with E-state index in [1.54, 1.807) is 0 Å². The van der Waals surface area contributed by atoms with Gasteiger partial charge in [0.1, 0.15) is 11.5 Å². The van der Waals surface area contributed by atoms with Gasteiger partial charge in [0.05, 0.1) is 19.0 Å². The fourth-order valence-electron chi connectivity index (χ4n) is 1.89. The monoisotopic (exact) mass is 256 g/mol. The van der Waals surface area contributed by atoms with Crippen molar-refractivity contribution in [1.82, 2.24) is 5.16 Å². The summed E-state index contributed by atoms with van der Waals surface area (Å²) in [6, 6.07) is 9.72. The third-order valence-electron chi connectivity index (χ3n) is 2.91. The molecule has 0 aliphatic heterocycles. The van der Waals surface area contributed by atoms with Gasteiger partial charge >= 0.3 is 0 Å². The first-order chi connectivity index (χ1) is 9.10. The van der Waals surface area contributed by atoms with Crippen LogP contribution in [0, 0.1) is 18.3 Å². The van der Waals surface area contributed by atoms with E-state index in [0.29, 0.717) is 18.7 Å². The van der Waals surface area contributed by atoms with E-state index < -0.39 is 0 Å². The Morgan fingerprint density at radius 3 is 2.84 bits per heavy atom. The molecule has 1 aromatic heterocycles. The molecule has 0 amide bonds. The van der Waals surface area contributed by atoms with Crippen molar-refractivity contribution in [1.29, 1.82) is 5.26 Å². The van der Waals surface area contributed by atoms with Crippen LogP contribution in [0.15, 0.2) is 28.8 Å². The van der Waals surface area contributed by atoms with Crippen molar-refractivity contribution in [3.05, 3.63) is 41.3 Å². The molecule has 1 heterocycles. The molecule has 19 heavy (non-hydrogen) atoms. The molecule has 0 saturated heterocycles. The number of aryl methyl sites for hydroxylation is 1. The molecule has 0 unspecified atom stereocenters. The van der Waals surface area contributed by atoms with Gasteiger partial charge in [-0.3, -0.25) is 0 Å². The molecular weight excluding hydrogens is 240 g/mol. The maximum absolute atomic E-state index is 8.77. The standard InChI is InChI=1S/C14H16N4O/c1-10-7-12(17-19-10)9-18(2)13-3-4-14(16)11(8-13)5-6-15/h3-4,7-8H,5,9,16H2,1-2H3. The maximum atomic E-state index is 8.77. The molecule has 0 aliphatic rings. The molecular formula is C14H16N4O. The highest BCUT2D eigenvalue weighted by Gasteiger charge is 2.08. The van der Waals surface area contributed by atoms with Crippen LogP contribution in [0.5, 0.6) is 0 Å². The van der Waals surface area contributed by atoms with Crippen molar-refractivity contribution < 1.29 is 4.52 Å². The number of benzene rings is 1. The Bertz CT molecular complexity index is 612. The number of nitriles is 1. The minimum absolute atomic E-state index is 0.316. The molecule has 0 radical (unpaired) electrons. The van der Waals surface area contributed by atoms with Crippen LogP contribution in [0.1, 0.15) is 17.0 Å². The van der Waals surface area contributed by atoms with Gasteiger partial charge in [0.15, 0.2) is 0 Å². The third kappa shape index (κ3) is 3.05. The minimum atomic E-state index is 0.316. The predicted octanol–water partition coefficient (Wildman–Crippen LogP) is 2.27. The summed E-state index contributed by atoms with van der Waals surface area (Å²) in [6.45, 7) is 2.51. The summed E-state index contributed by atoms with van der Waals surface area (Å²) < 4.78 is 5.04. The summed E-state index contributed by atoms with van der Waals surface area (Å²) in [6.07, 6.45) is 0.316. The van der Waals surface area contributed by atoms with Crippen LogP contribution in [-0.4, -0.2) is 12.2 Å². The minimum Gasteiger partial charge on any atom is -0.398 e. The molecule has 2 aromatic rings. The van der Waals surface area contributed by atoms with E-state index in [9.17, 15) is 0 Å². The molecule has 0 atom stereocenters. The van der Waals surface area contributed by atoms with E-state index in [1.807, 2.05) is 43.1 Å². The zero-order chi connectivity index (χ0) is 13.8. The second kappa shape index (κ2) is 5.44. The second-order valence-corrected chi connectivity index (χ2v) is 4.50. The van der Waals surface area contributed by atoms with E-state index in [1.165, 1.54) is 0 Å². The van der Waals surface area contributed by atoms with Gasteiger partial charge in [-0.15, -0.1) is 0 Å². The maximum Gasteiger partial charge on any atom is 0.133 e. The molecule has 0 fully saturated rings. The Morgan fingerprint density at radius 1 is 1.42 bits per heavy atom. The van der Waals surface area contributed by atoms with E-state index in [0.717, 1.165) is 22.7 Å². The molecule has 0 saturated carbocycles. The summed E-state index contributed by atoms with van der Waals surface area (Å²) in [5.41, 5.74) is 9.21. The van der Waals surface area contributed by atoms with E-state index in [2.05, 4.69) is 11.2 Å². The van der Waals surface area contributed by atoms with Crippen molar-refractivity contribution in [2.75, 3.05) is 17.7 Å². The van der Waals surface area contributed by atoms with Crippen LogP contribution in [0.4, 0.5) is 11.4 Å². The van der Waals surface area contributed by atoms with Crippen LogP contribution in [0.25, 0.3) is 0 Å². The predicted molar refractivity (Wildman–Crippen MR) is 73.5 cm³/mol. The molecule has 5 heteroatoms. The lowest BCUT2D eigenvalue weighted by molar-refractivity contribution is 0.390. The van der Waals surface area contributed by atoms with Crippen molar-refractivity contribution in [2.24, 2.45) is 0 Å². The highest BCUT2D eigenvalue weighted by atomic mass is 16.5. The average molecular weight is 256 g/mol. The summed E-state index contributed by atoms with van der Waals surface area (Å²) in [4.78, 5) is 2.04. The molecule has 2 N–H and O–H groups in total. The van der Waals surface area contributed by atoms with Crippen molar-refractivity contribution in [3.63, 3.8) is 0 Å². The summed E-state index contributed by atoms with van der Waals surface area (Å²) in [5, 5.41) is 12.7. The highest BCUT2D eigenvalue weighted by molar-refractivity contribution is 5.59. The van der Waals surface area contributed by atoms with E-state index in [-0.39, 0.29) is 0 Å². The molecule has 98 valence electrons. The van der Waals surface area contributed by atoms with Crippen molar-refractivity contribution >= 4 is 11.4 Å². The molecule has 0 spiro atoms. The van der Waals surface area contributed by atoms with Gasteiger partial charge in [-0.1, -0.05) is 5.16 Å². The summed E-state index contributed by atoms with van der Waals surface area (Å²) in [7, 11) is 1.96. The number of hydrogen-bond donors (Lipinski definition) is 1. The second-order valence-electron chi connectivity index (χ2n) is 4.50. The molecule has 2 rings (SSSR count). The van der Waals surface area contributed by atoms with Gasteiger partial charge < -0.3 is 15.2 Å². The Labute approximate surface area is 112 Å². The SMILES string of the molecule is Cc1cc(CN(C)c2ccc(N)c(CC#N)c2)no1. The summed E-state index contributed by atoms with van der Waals surface area (Å²) in [5.74, 6) is 0.797. The number of nitrogens with zero attached hydrogens (tertiary/aromatic N) is 3. The third-order valence-corrected chi connectivity index (χ3v) is 2.91. The van der Waals surface area contributed by atoms with Gasteiger partial charge in [0.2, 0.25) is 0 Å². The first kappa shape index (κ1) is 13.0. The van der Waals surface area contributed by atoms with Crippen LogP contribution in [-0.2, 0) is 13.0 Å².